The van der Waals surface area contributed by atoms with Crippen LogP contribution in [0.3, 0.4) is 0 Å². The minimum atomic E-state index is -0.895. The molecule has 198 valence electrons. The molecule has 0 amide bonds. The monoisotopic (exact) mass is 534 g/mol. The first kappa shape index (κ1) is 25.8. The summed E-state index contributed by atoms with van der Waals surface area (Å²) in [5.74, 6) is 1.74. The fraction of sp³-hybridized carbons (Fsp3) is 0.321. The number of aliphatic hydroxyl groups excluding tert-OH is 1. The predicted octanol–water partition coefficient (Wildman–Crippen LogP) is 4.10. The van der Waals surface area contributed by atoms with E-state index in [9.17, 15) is 9.90 Å². The molecule has 0 aliphatic carbocycles. The number of hydrogen-bond donors (Lipinski definition) is 1. The number of anilines is 2. The van der Waals surface area contributed by atoms with Crippen LogP contribution in [0.1, 0.15) is 31.1 Å². The second-order valence-corrected chi connectivity index (χ2v) is 9.66. The molecule has 4 aromatic rings. The summed E-state index contributed by atoms with van der Waals surface area (Å²) in [6.07, 6.45) is 2.79. The molecular formula is C28H31ClN6O3. The molecule has 10 heteroatoms. The molecule has 0 bridgehead atoms. The van der Waals surface area contributed by atoms with Gasteiger partial charge >= 0.3 is 5.69 Å². The van der Waals surface area contributed by atoms with Crippen LogP contribution in [0, 0.1) is 0 Å². The van der Waals surface area contributed by atoms with Gasteiger partial charge < -0.3 is 19.6 Å². The lowest BCUT2D eigenvalue weighted by molar-refractivity contribution is 0.101. The molecule has 1 aliphatic heterocycles. The molecule has 0 saturated carbocycles. The van der Waals surface area contributed by atoms with Crippen molar-refractivity contribution in [1.82, 2.24) is 19.3 Å². The summed E-state index contributed by atoms with van der Waals surface area (Å²) in [5, 5.41) is 15.9. The van der Waals surface area contributed by atoms with E-state index >= 15 is 0 Å². The Labute approximate surface area is 226 Å². The van der Waals surface area contributed by atoms with Crippen LogP contribution in [0.25, 0.3) is 5.69 Å². The fourth-order valence-electron chi connectivity index (χ4n) is 4.91. The molecular weight excluding hydrogens is 504 g/mol. The van der Waals surface area contributed by atoms with Crippen molar-refractivity contribution in [3.63, 3.8) is 0 Å². The molecule has 3 heterocycles. The maximum Gasteiger partial charge on any atom is 0.350 e. The number of benzene rings is 2. The van der Waals surface area contributed by atoms with E-state index in [4.69, 9.17) is 16.3 Å². The number of hydrogen-bond acceptors (Lipinski definition) is 7. The highest BCUT2D eigenvalue weighted by Crippen LogP contribution is 2.30. The lowest BCUT2D eigenvalue weighted by Gasteiger charge is -2.37. The van der Waals surface area contributed by atoms with Crippen LogP contribution in [0.4, 0.5) is 11.5 Å². The Balaban J connectivity index is 1.28. The van der Waals surface area contributed by atoms with Crippen LogP contribution in [-0.4, -0.2) is 57.7 Å². The summed E-state index contributed by atoms with van der Waals surface area (Å²) in [6.45, 7) is 5.26. The van der Waals surface area contributed by atoms with Crippen molar-refractivity contribution in [2.45, 2.75) is 25.5 Å². The first-order valence-corrected chi connectivity index (χ1v) is 13.1. The minimum absolute atomic E-state index is 0.329. The summed E-state index contributed by atoms with van der Waals surface area (Å²) in [7, 11) is 1.69. The number of piperazine rings is 1. The molecule has 1 unspecified atom stereocenters. The van der Waals surface area contributed by atoms with Gasteiger partial charge in [-0.15, -0.1) is 0 Å². The quantitative estimate of drug-likeness (QED) is 0.364. The zero-order chi connectivity index (χ0) is 26.6. The molecule has 5 rings (SSSR count). The van der Waals surface area contributed by atoms with Gasteiger partial charge in [-0.25, -0.2) is 19.0 Å². The molecule has 1 saturated heterocycles. The van der Waals surface area contributed by atoms with Crippen LogP contribution in [-0.2, 0) is 0 Å². The standard InChI is InChI=1S/C28H31ClN6O3/c1-3-23(27(36)20-8-10-21(29)11-9-20)35-28(37)34(19-31-35)22-12-13-26(30-18-22)33-16-14-32(15-17-33)24-6-4-5-7-25(24)38-2/h4-13,18-19,23,27,36H,3,14-17H2,1-2H3/t23?,27-/m1/s1. The summed E-state index contributed by atoms with van der Waals surface area (Å²) in [4.78, 5) is 22.4. The van der Waals surface area contributed by atoms with Crippen LogP contribution in [0.5, 0.6) is 5.75 Å². The average Bonchev–Trinajstić information content (AvgIpc) is 3.34. The van der Waals surface area contributed by atoms with Gasteiger partial charge in [-0.3, -0.25) is 0 Å². The molecule has 0 spiro atoms. The van der Waals surface area contributed by atoms with Crippen LogP contribution < -0.4 is 20.2 Å². The van der Waals surface area contributed by atoms with Crippen molar-refractivity contribution in [1.29, 1.82) is 0 Å². The Morgan fingerprint density at radius 2 is 1.71 bits per heavy atom. The molecule has 1 N–H and O–H groups in total. The van der Waals surface area contributed by atoms with E-state index in [1.54, 1.807) is 37.6 Å². The number of rotatable bonds is 8. The van der Waals surface area contributed by atoms with Gasteiger partial charge in [0.25, 0.3) is 0 Å². The highest BCUT2D eigenvalue weighted by molar-refractivity contribution is 6.30. The lowest BCUT2D eigenvalue weighted by Crippen LogP contribution is -2.46. The number of para-hydroxylation sites is 2. The Hall–Kier alpha value is -3.82. The number of aromatic nitrogens is 4. The number of aliphatic hydroxyl groups is 1. The summed E-state index contributed by atoms with van der Waals surface area (Å²) in [6, 6.07) is 18.3. The van der Waals surface area contributed by atoms with E-state index in [1.165, 1.54) is 15.6 Å². The molecule has 1 fully saturated rings. The van der Waals surface area contributed by atoms with E-state index in [2.05, 4.69) is 25.9 Å². The van der Waals surface area contributed by atoms with E-state index in [0.29, 0.717) is 22.7 Å². The van der Waals surface area contributed by atoms with Crippen molar-refractivity contribution >= 4 is 23.1 Å². The molecule has 2 aromatic carbocycles. The summed E-state index contributed by atoms with van der Waals surface area (Å²) >= 11 is 5.98. The maximum atomic E-state index is 13.2. The van der Waals surface area contributed by atoms with Crippen molar-refractivity contribution < 1.29 is 9.84 Å². The third kappa shape index (κ3) is 5.12. The number of halogens is 1. The van der Waals surface area contributed by atoms with Crippen LogP contribution in [0.2, 0.25) is 5.02 Å². The summed E-state index contributed by atoms with van der Waals surface area (Å²) in [5.41, 5.74) is 2.07. The second kappa shape index (κ2) is 11.3. The molecule has 38 heavy (non-hydrogen) atoms. The Morgan fingerprint density at radius 1 is 1.00 bits per heavy atom. The molecule has 9 nitrogen and oxygen atoms in total. The third-order valence-corrected chi connectivity index (χ3v) is 7.29. The zero-order valence-corrected chi connectivity index (χ0v) is 22.2. The van der Waals surface area contributed by atoms with Gasteiger partial charge in [0.1, 0.15) is 24.0 Å². The van der Waals surface area contributed by atoms with E-state index in [-0.39, 0.29) is 5.69 Å². The predicted molar refractivity (Wildman–Crippen MR) is 149 cm³/mol. The fourth-order valence-corrected chi connectivity index (χ4v) is 5.03. The third-order valence-electron chi connectivity index (χ3n) is 7.04. The van der Waals surface area contributed by atoms with Gasteiger partial charge in [0, 0.05) is 31.2 Å². The number of methoxy groups -OCH3 is 1. The van der Waals surface area contributed by atoms with Crippen molar-refractivity contribution in [2.24, 2.45) is 0 Å². The molecule has 0 radical (unpaired) electrons. The SMILES string of the molecule is CCC([C@H](O)c1ccc(Cl)cc1)n1ncn(-c2ccc(N3CCN(c4ccccc4OC)CC3)nc2)c1=O. The van der Waals surface area contributed by atoms with Crippen LogP contribution >= 0.6 is 11.6 Å². The van der Waals surface area contributed by atoms with Crippen molar-refractivity contribution in [3.05, 3.63) is 94.3 Å². The number of nitrogens with zero attached hydrogens (tertiary/aromatic N) is 6. The van der Waals surface area contributed by atoms with Gasteiger partial charge in [0.15, 0.2) is 0 Å². The van der Waals surface area contributed by atoms with Crippen LogP contribution in [0.15, 0.2) is 78.0 Å². The number of pyridine rings is 1. The van der Waals surface area contributed by atoms with Gasteiger partial charge in [0.05, 0.1) is 30.7 Å². The van der Waals surface area contributed by atoms with Crippen molar-refractivity contribution in [3.8, 4) is 11.4 Å². The van der Waals surface area contributed by atoms with E-state index < -0.39 is 12.1 Å². The van der Waals surface area contributed by atoms with Crippen molar-refractivity contribution in [2.75, 3.05) is 43.1 Å². The first-order valence-electron chi connectivity index (χ1n) is 12.7. The van der Waals surface area contributed by atoms with E-state index in [1.807, 2.05) is 37.3 Å². The van der Waals surface area contributed by atoms with Gasteiger partial charge in [0.2, 0.25) is 0 Å². The zero-order valence-electron chi connectivity index (χ0n) is 21.4. The average molecular weight is 535 g/mol. The second-order valence-electron chi connectivity index (χ2n) is 9.22. The van der Waals surface area contributed by atoms with E-state index in [0.717, 1.165) is 43.4 Å². The lowest BCUT2D eigenvalue weighted by atomic mass is 10.0. The largest absolute Gasteiger partial charge is 0.495 e. The molecule has 2 atom stereocenters. The maximum absolute atomic E-state index is 13.2. The topological polar surface area (TPSA) is 88.7 Å². The smallest absolute Gasteiger partial charge is 0.350 e. The Kier molecular flexibility index (Phi) is 7.67. The minimum Gasteiger partial charge on any atom is -0.495 e. The molecule has 1 aliphatic rings. The van der Waals surface area contributed by atoms with Gasteiger partial charge in [-0.1, -0.05) is 42.8 Å². The number of ether oxygens (including phenoxy) is 1. The van der Waals surface area contributed by atoms with Gasteiger partial charge in [-0.05, 0) is 48.4 Å². The summed E-state index contributed by atoms with van der Waals surface area (Å²) < 4.78 is 8.31. The highest BCUT2D eigenvalue weighted by atomic mass is 35.5. The molecule has 2 aromatic heterocycles. The Morgan fingerprint density at radius 3 is 2.37 bits per heavy atom. The Bertz CT molecular complexity index is 1410. The van der Waals surface area contributed by atoms with Gasteiger partial charge in [-0.2, -0.15) is 5.10 Å². The first-order chi connectivity index (χ1) is 18.5. The highest BCUT2D eigenvalue weighted by Gasteiger charge is 2.25. The normalized spacial score (nSPS) is 15.4.